The average Bonchev–Trinajstić information content (AvgIpc) is 2.73. The van der Waals surface area contributed by atoms with Gasteiger partial charge in [-0.2, -0.15) is 0 Å². The molecule has 0 N–H and O–H groups in total. The maximum atomic E-state index is 11.9. The van der Waals surface area contributed by atoms with Crippen LogP contribution in [0.15, 0.2) is 12.7 Å². The number of nitrogens with zero attached hydrogens (tertiary/aromatic N) is 1. The SMILES string of the molecule is C=CC(=O)C1COCC1N(C)C(=O)OC(C)(C)C. The van der Waals surface area contributed by atoms with Gasteiger partial charge in [-0.25, -0.2) is 4.79 Å². The lowest BCUT2D eigenvalue weighted by atomic mass is 9.98. The smallest absolute Gasteiger partial charge is 0.410 e. The summed E-state index contributed by atoms with van der Waals surface area (Å²) < 4.78 is 10.5. The summed E-state index contributed by atoms with van der Waals surface area (Å²) in [6.07, 6.45) is 0.829. The monoisotopic (exact) mass is 255 g/mol. The van der Waals surface area contributed by atoms with Crippen LogP contribution in [0.3, 0.4) is 0 Å². The molecule has 1 fully saturated rings. The first kappa shape index (κ1) is 14.7. The summed E-state index contributed by atoms with van der Waals surface area (Å²) in [7, 11) is 1.62. The van der Waals surface area contributed by atoms with Crippen molar-refractivity contribution in [1.82, 2.24) is 4.90 Å². The fraction of sp³-hybridized carbons (Fsp3) is 0.692. The van der Waals surface area contributed by atoms with Gasteiger partial charge < -0.3 is 14.4 Å². The number of hydrogen-bond donors (Lipinski definition) is 0. The van der Waals surface area contributed by atoms with Crippen LogP contribution in [0.5, 0.6) is 0 Å². The van der Waals surface area contributed by atoms with Crippen LogP contribution in [0.1, 0.15) is 20.8 Å². The zero-order valence-corrected chi connectivity index (χ0v) is 11.4. The van der Waals surface area contributed by atoms with Crippen LogP contribution in [0, 0.1) is 5.92 Å². The highest BCUT2D eigenvalue weighted by atomic mass is 16.6. The molecule has 0 aliphatic carbocycles. The van der Waals surface area contributed by atoms with Crippen LogP contribution >= 0.6 is 0 Å². The Kier molecular flexibility index (Phi) is 4.51. The Labute approximate surface area is 108 Å². The second kappa shape index (κ2) is 5.52. The van der Waals surface area contributed by atoms with Gasteiger partial charge in [-0.1, -0.05) is 6.58 Å². The van der Waals surface area contributed by atoms with Crippen molar-refractivity contribution in [2.75, 3.05) is 20.3 Å². The van der Waals surface area contributed by atoms with E-state index in [0.29, 0.717) is 13.2 Å². The molecule has 0 bridgehead atoms. The molecule has 0 aromatic rings. The van der Waals surface area contributed by atoms with Crippen molar-refractivity contribution in [2.24, 2.45) is 5.92 Å². The number of rotatable bonds is 3. The Morgan fingerprint density at radius 3 is 2.50 bits per heavy atom. The van der Waals surface area contributed by atoms with Gasteiger partial charge in [-0.3, -0.25) is 4.79 Å². The summed E-state index contributed by atoms with van der Waals surface area (Å²) in [6.45, 7) is 9.54. The summed E-state index contributed by atoms with van der Waals surface area (Å²) in [5.41, 5.74) is -0.553. The van der Waals surface area contributed by atoms with Gasteiger partial charge in [0, 0.05) is 7.05 Å². The molecule has 1 amide bonds. The molecule has 102 valence electrons. The quantitative estimate of drug-likeness (QED) is 0.719. The minimum atomic E-state index is -0.553. The van der Waals surface area contributed by atoms with E-state index in [1.54, 1.807) is 27.8 Å². The molecule has 5 heteroatoms. The Balaban J connectivity index is 2.71. The lowest BCUT2D eigenvalue weighted by molar-refractivity contribution is -0.119. The molecular formula is C13H21NO4. The normalized spacial score (nSPS) is 23.6. The predicted octanol–water partition coefficient (Wildman–Crippen LogP) is 1.62. The van der Waals surface area contributed by atoms with Gasteiger partial charge in [-0.05, 0) is 26.8 Å². The highest BCUT2D eigenvalue weighted by Crippen LogP contribution is 2.22. The first-order valence-corrected chi connectivity index (χ1v) is 5.96. The van der Waals surface area contributed by atoms with Crippen molar-refractivity contribution >= 4 is 11.9 Å². The van der Waals surface area contributed by atoms with E-state index in [-0.39, 0.29) is 17.7 Å². The zero-order chi connectivity index (χ0) is 13.9. The number of likely N-dealkylation sites (N-methyl/N-ethyl adjacent to an activating group) is 1. The van der Waals surface area contributed by atoms with E-state index >= 15 is 0 Å². The fourth-order valence-electron chi connectivity index (χ4n) is 1.82. The van der Waals surface area contributed by atoms with Crippen molar-refractivity contribution in [3.05, 3.63) is 12.7 Å². The predicted molar refractivity (Wildman–Crippen MR) is 67.3 cm³/mol. The van der Waals surface area contributed by atoms with Gasteiger partial charge in [0.15, 0.2) is 5.78 Å². The first-order chi connectivity index (χ1) is 8.26. The summed E-state index contributed by atoms with van der Waals surface area (Å²) in [4.78, 5) is 25.0. The molecule has 0 radical (unpaired) electrons. The molecule has 1 aliphatic rings. The van der Waals surface area contributed by atoms with Gasteiger partial charge in [-0.15, -0.1) is 0 Å². The highest BCUT2D eigenvalue weighted by molar-refractivity contribution is 5.92. The molecule has 0 saturated carbocycles. The van der Waals surface area contributed by atoms with Crippen LogP contribution in [-0.2, 0) is 14.3 Å². The van der Waals surface area contributed by atoms with Gasteiger partial charge in [0.1, 0.15) is 5.60 Å². The molecule has 1 rings (SSSR count). The van der Waals surface area contributed by atoms with Gasteiger partial charge >= 0.3 is 6.09 Å². The maximum Gasteiger partial charge on any atom is 0.410 e. The number of ketones is 1. The van der Waals surface area contributed by atoms with Crippen LogP contribution in [-0.4, -0.2) is 48.7 Å². The van der Waals surface area contributed by atoms with Crippen LogP contribution in [0.4, 0.5) is 4.79 Å². The van der Waals surface area contributed by atoms with Crippen molar-refractivity contribution < 1.29 is 19.1 Å². The maximum absolute atomic E-state index is 11.9. The van der Waals surface area contributed by atoms with E-state index in [4.69, 9.17) is 9.47 Å². The summed E-state index contributed by atoms with van der Waals surface area (Å²) in [5, 5.41) is 0. The molecule has 0 aromatic carbocycles. The van der Waals surface area contributed by atoms with E-state index in [1.807, 2.05) is 0 Å². The molecule has 2 unspecified atom stereocenters. The third-order valence-corrected chi connectivity index (χ3v) is 2.80. The Hall–Kier alpha value is -1.36. The second-order valence-electron chi connectivity index (χ2n) is 5.41. The number of amides is 1. The van der Waals surface area contributed by atoms with Crippen LogP contribution < -0.4 is 0 Å². The number of hydrogen-bond acceptors (Lipinski definition) is 4. The molecule has 5 nitrogen and oxygen atoms in total. The molecule has 0 spiro atoms. The zero-order valence-electron chi connectivity index (χ0n) is 11.4. The van der Waals surface area contributed by atoms with E-state index in [2.05, 4.69) is 6.58 Å². The number of carbonyl (C=O) groups is 2. The third-order valence-electron chi connectivity index (χ3n) is 2.80. The second-order valence-corrected chi connectivity index (χ2v) is 5.41. The van der Waals surface area contributed by atoms with Crippen LogP contribution in [0.2, 0.25) is 0 Å². The van der Waals surface area contributed by atoms with Crippen LogP contribution in [0.25, 0.3) is 0 Å². The first-order valence-electron chi connectivity index (χ1n) is 5.96. The van der Waals surface area contributed by atoms with E-state index in [9.17, 15) is 9.59 Å². The molecule has 1 aliphatic heterocycles. The van der Waals surface area contributed by atoms with Crippen molar-refractivity contribution in [3.8, 4) is 0 Å². The van der Waals surface area contributed by atoms with E-state index < -0.39 is 11.7 Å². The Bertz CT molecular complexity index is 345. The summed E-state index contributed by atoms with van der Waals surface area (Å²) in [6, 6.07) is -0.287. The van der Waals surface area contributed by atoms with Crippen molar-refractivity contribution in [1.29, 1.82) is 0 Å². The molecule has 1 heterocycles. The van der Waals surface area contributed by atoms with Gasteiger partial charge in [0.2, 0.25) is 0 Å². The minimum absolute atomic E-state index is 0.104. The van der Waals surface area contributed by atoms with E-state index in [0.717, 1.165) is 0 Å². The molecule has 2 atom stereocenters. The fourth-order valence-corrected chi connectivity index (χ4v) is 1.82. The van der Waals surface area contributed by atoms with E-state index in [1.165, 1.54) is 11.0 Å². The Morgan fingerprint density at radius 2 is 2.00 bits per heavy atom. The van der Waals surface area contributed by atoms with Gasteiger partial charge in [0.25, 0.3) is 0 Å². The number of carbonyl (C=O) groups excluding carboxylic acids is 2. The molecule has 0 aromatic heterocycles. The molecular weight excluding hydrogens is 234 g/mol. The standard InChI is InChI=1S/C13H21NO4/c1-6-11(15)9-7-17-8-10(9)14(5)12(16)18-13(2,3)4/h6,9-10H,1,7-8H2,2-5H3. The van der Waals surface area contributed by atoms with Crippen molar-refractivity contribution in [2.45, 2.75) is 32.4 Å². The summed E-state index contributed by atoms with van der Waals surface area (Å²) in [5.74, 6) is -0.451. The topological polar surface area (TPSA) is 55.8 Å². The average molecular weight is 255 g/mol. The Morgan fingerprint density at radius 1 is 1.39 bits per heavy atom. The number of ether oxygens (including phenoxy) is 2. The third kappa shape index (κ3) is 3.57. The molecule has 1 saturated heterocycles. The minimum Gasteiger partial charge on any atom is -0.444 e. The largest absolute Gasteiger partial charge is 0.444 e. The summed E-state index contributed by atoms with van der Waals surface area (Å²) >= 11 is 0. The van der Waals surface area contributed by atoms with Crippen molar-refractivity contribution in [3.63, 3.8) is 0 Å². The highest BCUT2D eigenvalue weighted by Gasteiger charge is 2.38. The number of allylic oxidation sites excluding steroid dienone is 1. The lowest BCUT2D eigenvalue weighted by Crippen LogP contribution is -2.45. The lowest BCUT2D eigenvalue weighted by Gasteiger charge is -2.29. The van der Waals surface area contributed by atoms with Gasteiger partial charge in [0.05, 0.1) is 25.2 Å². The molecule has 18 heavy (non-hydrogen) atoms.